The molecule has 0 N–H and O–H groups in total. The maximum Gasteiger partial charge on any atom is 1.00 e. The molecule has 0 spiro atoms. The van der Waals surface area contributed by atoms with Gasteiger partial charge in [0.1, 0.15) is 11.6 Å². The number of imidazole rings is 1. The minimum absolute atomic E-state index is 0. The van der Waals surface area contributed by atoms with E-state index in [4.69, 9.17) is 14.2 Å². The first-order valence-electron chi connectivity index (χ1n) is 8.42. The summed E-state index contributed by atoms with van der Waals surface area (Å²) in [6, 6.07) is 5.24. The van der Waals surface area contributed by atoms with Crippen LogP contribution in [-0.2, 0) is 21.3 Å². The van der Waals surface area contributed by atoms with Gasteiger partial charge in [-0.2, -0.15) is 0 Å². The fourth-order valence-corrected chi connectivity index (χ4v) is 3.52. The monoisotopic (exact) mass is 412 g/mol. The van der Waals surface area contributed by atoms with Crippen LogP contribution in [0.4, 0.5) is 0 Å². The standard InChI is InChI=1S/C18H21N4O4S.Na/c1-12-14(19-8-7-15(12)26-10-4-9-24-2)11-27(23)18-20-13-5-6-16(25-3)21-17(13)22-18;/h5-8H,4,9-11H2,1-3H3;/q-1;+1. The molecule has 144 valence electrons. The van der Waals surface area contributed by atoms with Crippen molar-refractivity contribution in [2.24, 2.45) is 0 Å². The third kappa shape index (κ3) is 5.51. The van der Waals surface area contributed by atoms with Crippen molar-refractivity contribution < 1.29 is 48.0 Å². The molecule has 0 radical (unpaired) electrons. The van der Waals surface area contributed by atoms with Gasteiger partial charge in [-0.3, -0.25) is 9.19 Å². The quantitative estimate of drug-likeness (QED) is 0.327. The van der Waals surface area contributed by atoms with Crippen molar-refractivity contribution >= 4 is 22.0 Å². The van der Waals surface area contributed by atoms with Gasteiger partial charge in [0.2, 0.25) is 0 Å². The topological polar surface area (TPSA) is 97.5 Å². The van der Waals surface area contributed by atoms with Crippen LogP contribution in [0.3, 0.4) is 0 Å². The van der Waals surface area contributed by atoms with E-state index in [-0.39, 0.29) is 40.5 Å². The number of methoxy groups -OCH3 is 2. The van der Waals surface area contributed by atoms with Gasteiger partial charge in [0.15, 0.2) is 0 Å². The minimum atomic E-state index is -1.44. The molecule has 10 heteroatoms. The molecule has 0 saturated carbocycles. The van der Waals surface area contributed by atoms with E-state index < -0.39 is 10.8 Å². The summed E-state index contributed by atoms with van der Waals surface area (Å²) in [4.78, 5) is 17.1. The summed E-state index contributed by atoms with van der Waals surface area (Å²) in [7, 11) is 1.74. The average molecular weight is 412 g/mol. The Kier molecular flexibility index (Phi) is 8.84. The van der Waals surface area contributed by atoms with Gasteiger partial charge in [-0.15, -0.1) is 0 Å². The van der Waals surface area contributed by atoms with Crippen molar-refractivity contribution in [1.82, 2.24) is 19.9 Å². The number of pyridine rings is 2. The maximum atomic E-state index is 12.7. The van der Waals surface area contributed by atoms with E-state index in [9.17, 15) is 4.21 Å². The Hall–Kier alpha value is -1.52. The van der Waals surface area contributed by atoms with E-state index in [1.54, 1.807) is 31.5 Å². The van der Waals surface area contributed by atoms with Crippen LogP contribution in [0.15, 0.2) is 29.6 Å². The molecule has 3 heterocycles. The van der Waals surface area contributed by atoms with Gasteiger partial charge in [-0.1, -0.05) is 0 Å². The summed E-state index contributed by atoms with van der Waals surface area (Å²) in [5, 5.41) is 0.235. The molecule has 0 aliphatic carbocycles. The molecule has 0 saturated heterocycles. The summed E-state index contributed by atoms with van der Waals surface area (Å²) in [6.45, 7) is 3.09. The molecular weight excluding hydrogens is 391 g/mol. The molecule has 3 aromatic rings. The number of ether oxygens (including phenoxy) is 3. The van der Waals surface area contributed by atoms with Crippen LogP contribution >= 0.6 is 0 Å². The summed E-state index contributed by atoms with van der Waals surface area (Å²) in [5.74, 6) is 1.37. The van der Waals surface area contributed by atoms with Gasteiger partial charge in [0.25, 0.3) is 0 Å². The van der Waals surface area contributed by atoms with Crippen LogP contribution in [0.2, 0.25) is 0 Å². The second kappa shape index (κ2) is 10.9. The summed E-state index contributed by atoms with van der Waals surface area (Å²) in [6.07, 6.45) is 2.45. The van der Waals surface area contributed by atoms with Crippen LogP contribution in [-0.4, -0.2) is 46.6 Å². The number of aromatic nitrogens is 4. The van der Waals surface area contributed by atoms with E-state index in [1.165, 1.54) is 7.11 Å². The predicted octanol–water partition coefficient (Wildman–Crippen LogP) is -0.974. The molecule has 28 heavy (non-hydrogen) atoms. The summed E-state index contributed by atoms with van der Waals surface area (Å²) in [5.41, 5.74) is 2.55. The second-order valence-electron chi connectivity index (χ2n) is 5.77. The van der Waals surface area contributed by atoms with Gasteiger partial charge in [-0.05, 0) is 25.1 Å². The maximum absolute atomic E-state index is 12.7. The average Bonchev–Trinajstić information content (AvgIpc) is 3.11. The Morgan fingerprint density at radius 1 is 1.14 bits per heavy atom. The molecule has 3 rings (SSSR count). The molecule has 8 nitrogen and oxygen atoms in total. The summed E-state index contributed by atoms with van der Waals surface area (Å²) >= 11 is 0. The van der Waals surface area contributed by atoms with Crippen LogP contribution in [0.5, 0.6) is 11.6 Å². The normalized spacial score (nSPS) is 11.8. The second-order valence-corrected chi connectivity index (χ2v) is 7.11. The van der Waals surface area contributed by atoms with E-state index in [0.29, 0.717) is 36.0 Å². The van der Waals surface area contributed by atoms with Crippen LogP contribution in [0.1, 0.15) is 17.7 Å². The van der Waals surface area contributed by atoms with Crippen molar-refractivity contribution in [3.63, 3.8) is 0 Å². The first-order valence-corrected chi connectivity index (χ1v) is 9.74. The largest absolute Gasteiger partial charge is 1.00 e. The van der Waals surface area contributed by atoms with Crippen molar-refractivity contribution in [3.05, 3.63) is 35.7 Å². The van der Waals surface area contributed by atoms with Crippen molar-refractivity contribution in [2.45, 2.75) is 24.3 Å². The zero-order valence-electron chi connectivity index (χ0n) is 16.5. The van der Waals surface area contributed by atoms with Gasteiger partial charge in [0.05, 0.1) is 41.1 Å². The Morgan fingerprint density at radius 3 is 2.71 bits per heavy atom. The molecule has 1 atom stereocenters. The number of hydrogen-bond acceptors (Lipinski definition) is 7. The molecule has 0 amide bonds. The van der Waals surface area contributed by atoms with Gasteiger partial charge >= 0.3 is 29.6 Å². The first-order chi connectivity index (χ1) is 13.1. The molecule has 0 fully saturated rings. The van der Waals surface area contributed by atoms with Gasteiger partial charge in [-0.25, -0.2) is 0 Å². The molecule has 0 aromatic carbocycles. The fraction of sp³-hybridized carbons (Fsp3) is 0.389. The minimum Gasteiger partial charge on any atom is -0.493 e. The predicted molar refractivity (Wildman–Crippen MR) is 100 cm³/mol. The SMILES string of the molecule is COCCCOc1ccnc(CS(=O)c2nc3ccc(OC)nc3[n-]2)c1C.[Na+]. The number of nitrogens with zero attached hydrogens (tertiary/aromatic N) is 4. The zero-order valence-corrected chi connectivity index (χ0v) is 19.3. The molecule has 3 aromatic heterocycles. The third-order valence-corrected chi connectivity index (χ3v) is 5.06. The zero-order chi connectivity index (χ0) is 19.2. The molecular formula is C18H21N4NaO4S. The van der Waals surface area contributed by atoms with Crippen LogP contribution in [0, 0.1) is 6.92 Å². The summed E-state index contributed by atoms with van der Waals surface area (Å²) < 4.78 is 28.6. The Morgan fingerprint density at radius 2 is 1.96 bits per heavy atom. The van der Waals surface area contributed by atoms with E-state index in [2.05, 4.69) is 19.9 Å². The number of hydrogen-bond donors (Lipinski definition) is 0. The molecule has 0 aliphatic rings. The molecule has 1 unspecified atom stereocenters. The number of rotatable bonds is 9. The number of fused-ring (bicyclic) bond motifs is 1. The van der Waals surface area contributed by atoms with E-state index in [0.717, 1.165) is 17.7 Å². The smallest absolute Gasteiger partial charge is 0.493 e. The fourth-order valence-electron chi connectivity index (χ4n) is 2.46. The van der Waals surface area contributed by atoms with Crippen LogP contribution < -0.4 is 44.0 Å². The van der Waals surface area contributed by atoms with Gasteiger partial charge < -0.3 is 29.2 Å². The first kappa shape index (κ1) is 22.8. The van der Waals surface area contributed by atoms with Crippen LogP contribution in [0.25, 0.3) is 11.2 Å². The van der Waals surface area contributed by atoms with Crippen molar-refractivity contribution in [1.29, 1.82) is 0 Å². The third-order valence-electron chi connectivity index (χ3n) is 3.94. The Labute approximate surface area is 188 Å². The molecule has 0 aliphatic heterocycles. The van der Waals surface area contributed by atoms with Crippen molar-refractivity contribution in [3.8, 4) is 11.6 Å². The Bertz CT molecular complexity index is 950. The Balaban J connectivity index is 0.00000280. The molecule has 0 bridgehead atoms. The van der Waals surface area contributed by atoms with E-state index in [1.807, 2.05) is 6.92 Å². The van der Waals surface area contributed by atoms with Crippen molar-refractivity contribution in [2.75, 3.05) is 27.4 Å². The van der Waals surface area contributed by atoms with Gasteiger partial charge in [0, 0.05) is 43.1 Å². The van der Waals surface area contributed by atoms with E-state index >= 15 is 0 Å².